The van der Waals surface area contributed by atoms with E-state index >= 15 is 0 Å². The molecule has 27 heavy (non-hydrogen) atoms. The van der Waals surface area contributed by atoms with Crippen LogP contribution in [0.3, 0.4) is 0 Å². The summed E-state index contributed by atoms with van der Waals surface area (Å²) in [4.78, 5) is 11.1. The van der Waals surface area contributed by atoms with E-state index in [0.717, 1.165) is 5.57 Å². The SMILES string of the molecule is C=C(C)CN(C(C)C)C(O)c1cnc(C(C)(C)C)nc1N[N-]C1=CC=IO1. The van der Waals surface area contributed by atoms with Gasteiger partial charge in [0.05, 0.1) is 5.56 Å². The quantitative estimate of drug-likeness (QED) is 0.247. The van der Waals surface area contributed by atoms with Gasteiger partial charge in [0.25, 0.3) is 0 Å². The van der Waals surface area contributed by atoms with Crippen LogP contribution in [-0.4, -0.2) is 36.6 Å². The molecule has 2 rings (SSSR count). The van der Waals surface area contributed by atoms with E-state index in [4.69, 9.17) is 3.07 Å². The van der Waals surface area contributed by atoms with E-state index in [1.54, 1.807) is 6.20 Å². The maximum atomic E-state index is 11.0. The van der Waals surface area contributed by atoms with Gasteiger partial charge in [0.1, 0.15) is 39.0 Å². The summed E-state index contributed by atoms with van der Waals surface area (Å²) in [5.74, 6) is 1.68. The number of allylic oxidation sites excluding steroid dienone is 1. The normalized spacial score (nSPS) is 15.2. The fraction of sp³-hybridized carbons (Fsp3) is 0.526. The molecule has 7 nitrogen and oxygen atoms in total. The predicted octanol–water partition coefficient (Wildman–Crippen LogP) is 4.31. The third kappa shape index (κ3) is 5.98. The van der Waals surface area contributed by atoms with Crippen LogP contribution in [0, 0.1) is 0 Å². The molecule has 0 amide bonds. The Labute approximate surface area is 172 Å². The number of hydrogen-bond acceptors (Lipinski definition) is 6. The van der Waals surface area contributed by atoms with Crippen molar-refractivity contribution < 1.29 is 8.17 Å². The van der Waals surface area contributed by atoms with Crippen molar-refractivity contribution in [1.29, 1.82) is 0 Å². The van der Waals surface area contributed by atoms with Gasteiger partial charge in [0.15, 0.2) is 0 Å². The summed E-state index contributed by atoms with van der Waals surface area (Å²) in [6.45, 7) is 16.7. The molecule has 0 saturated carbocycles. The van der Waals surface area contributed by atoms with Crippen LogP contribution >= 0.6 is 21.1 Å². The molecule has 1 aliphatic rings. The maximum absolute atomic E-state index is 11.0. The Morgan fingerprint density at radius 1 is 1.44 bits per heavy atom. The lowest BCUT2D eigenvalue weighted by molar-refractivity contribution is -0.0121. The van der Waals surface area contributed by atoms with Crippen LogP contribution in [0.5, 0.6) is 0 Å². The first kappa shape index (κ1) is 21.8. The van der Waals surface area contributed by atoms with E-state index in [-0.39, 0.29) is 11.5 Å². The number of nitrogens with one attached hydrogen (secondary N) is 1. The molecular weight excluding hydrogens is 457 g/mol. The zero-order chi connectivity index (χ0) is 20.2. The summed E-state index contributed by atoms with van der Waals surface area (Å²) in [5, 5.41) is 11.0. The number of nitrogens with zero attached hydrogens (tertiary/aromatic N) is 4. The molecule has 0 saturated heterocycles. The van der Waals surface area contributed by atoms with E-state index in [1.165, 1.54) is 0 Å². The molecular formula is C19H29IN5O2-. The first-order chi connectivity index (χ1) is 12.6. The Morgan fingerprint density at radius 3 is 2.67 bits per heavy atom. The van der Waals surface area contributed by atoms with E-state index in [9.17, 15) is 5.11 Å². The molecule has 1 aromatic rings. The molecule has 0 radical (unpaired) electrons. The highest BCUT2D eigenvalue weighted by atomic mass is 127. The van der Waals surface area contributed by atoms with Crippen LogP contribution in [0.2, 0.25) is 0 Å². The van der Waals surface area contributed by atoms with Crippen molar-refractivity contribution in [2.75, 3.05) is 12.0 Å². The number of aliphatic hydroxyl groups is 1. The number of aliphatic hydroxyl groups excluding tert-OH is 1. The fourth-order valence-electron chi connectivity index (χ4n) is 2.41. The third-order valence-electron chi connectivity index (χ3n) is 3.85. The number of aromatic nitrogens is 2. The van der Waals surface area contributed by atoms with Crippen LogP contribution in [0.15, 0.2) is 30.3 Å². The predicted molar refractivity (Wildman–Crippen MR) is 119 cm³/mol. The first-order valence-electron chi connectivity index (χ1n) is 8.85. The van der Waals surface area contributed by atoms with Crippen molar-refractivity contribution in [3.8, 4) is 0 Å². The zero-order valence-corrected chi connectivity index (χ0v) is 19.0. The highest BCUT2D eigenvalue weighted by Gasteiger charge is 2.26. The Bertz CT molecular complexity index is 740. The summed E-state index contributed by atoms with van der Waals surface area (Å²) < 4.78 is 7.46. The summed E-state index contributed by atoms with van der Waals surface area (Å²) in [5.41, 5.74) is 8.55. The second-order valence-corrected chi connectivity index (χ2v) is 9.53. The number of hydrogen-bond donors (Lipinski definition) is 2. The molecule has 150 valence electrons. The Morgan fingerprint density at radius 2 is 2.15 bits per heavy atom. The number of anilines is 1. The Kier molecular flexibility index (Phi) is 7.35. The molecule has 1 aromatic heterocycles. The van der Waals surface area contributed by atoms with Gasteiger partial charge < -0.3 is 19.0 Å². The van der Waals surface area contributed by atoms with Crippen molar-refractivity contribution in [1.82, 2.24) is 14.9 Å². The van der Waals surface area contributed by atoms with Crippen LogP contribution < -0.4 is 5.43 Å². The summed E-state index contributed by atoms with van der Waals surface area (Å²) in [6.07, 6.45) is 2.63. The van der Waals surface area contributed by atoms with Gasteiger partial charge in [0, 0.05) is 34.1 Å². The molecule has 1 atom stereocenters. The minimum Gasteiger partial charge on any atom is -0.565 e. The molecule has 0 bridgehead atoms. The molecule has 0 aliphatic carbocycles. The van der Waals surface area contributed by atoms with Crippen molar-refractivity contribution in [2.45, 2.75) is 59.2 Å². The standard InChI is InChI=1S/C19H29IN5O2/c1-12(2)11-25(13(3)4)17(26)14-10-21-18(19(5,6)7)22-16(14)24-23-15-8-9-20-27-15/h8-10,13,17,26H,1,11H2,2-7H3,(H,21,22,24)/q-1. The number of halogens is 1. The lowest BCUT2D eigenvalue weighted by Crippen LogP contribution is -2.36. The van der Waals surface area contributed by atoms with E-state index in [1.807, 2.05) is 56.5 Å². The van der Waals surface area contributed by atoms with Gasteiger partial charge in [-0.3, -0.25) is 4.90 Å². The van der Waals surface area contributed by atoms with Crippen LogP contribution in [-0.2, 0) is 8.48 Å². The third-order valence-corrected chi connectivity index (χ3v) is 5.21. The van der Waals surface area contributed by atoms with Crippen molar-refractivity contribution >= 4 is 31.0 Å². The Hall–Kier alpha value is -1.52. The maximum Gasteiger partial charge on any atom is 0.139 e. The minimum absolute atomic E-state index is 0.115. The van der Waals surface area contributed by atoms with E-state index in [2.05, 4.69) is 27.4 Å². The van der Waals surface area contributed by atoms with Crippen LogP contribution in [0.25, 0.3) is 5.43 Å². The van der Waals surface area contributed by atoms with Crippen LogP contribution in [0.1, 0.15) is 59.2 Å². The van der Waals surface area contributed by atoms with Gasteiger partial charge in [-0.15, -0.1) is 0 Å². The largest absolute Gasteiger partial charge is 0.565 e. The molecule has 8 heteroatoms. The summed E-state index contributed by atoms with van der Waals surface area (Å²) >= 11 is -0.408. The topological polar surface area (TPSA) is 84.6 Å². The molecule has 0 aromatic carbocycles. The van der Waals surface area contributed by atoms with Crippen molar-refractivity contribution in [3.05, 3.63) is 47.1 Å². The van der Waals surface area contributed by atoms with Gasteiger partial charge in [-0.1, -0.05) is 32.9 Å². The Balaban J connectivity index is 2.35. The molecule has 2 heterocycles. The van der Waals surface area contributed by atoms with Gasteiger partial charge in [-0.05, 0) is 26.8 Å². The van der Waals surface area contributed by atoms with Gasteiger partial charge in [0.2, 0.25) is 0 Å². The average Bonchev–Trinajstić information content (AvgIpc) is 3.09. The number of rotatable bonds is 8. The lowest BCUT2D eigenvalue weighted by atomic mass is 9.95. The van der Waals surface area contributed by atoms with E-state index < -0.39 is 27.4 Å². The molecule has 0 spiro atoms. The second-order valence-electron chi connectivity index (χ2n) is 7.87. The second kappa shape index (κ2) is 9.11. The lowest BCUT2D eigenvalue weighted by Gasteiger charge is -2.34. The zero-order valence-electron chi connectivity index (χ0n) is 16.8. The molecule has 1 aliphatic heterocycles. The highest BCUT2D eigenvalue weighted by molar-refractivity contribution is 14.2. The van der Waals surface area contributed by atoms with Crippen molar-refractivity contribution in [2.24, 2.45) is 0 Å². The first-order valence-corrected chi connectivity index (χ1v) is 11.0. The van der Waals surface area contributed by atoms with Gasteiger partial charge >= 0.3 is 0 Å². The summed E-state index contributed by atoms with van der Waals surface area (Å²) in [7, 11) is 0. The minimum atomic E-state index is -0.883. The van der Waals surface area contributed by atoms with E-state index in [0.29, 0.717) is 29.6 Å². The summed E-state index contributed by atoms with van der Waals surface area (Å²) in [6, 6.07) is 0.115. The highest BCUT2D eigenvalue weighted by Crippen LogP contribution is 2.30. The average molecular weight is 486 g/mol. The van der Waals surface area contributed by atoms with Crippen LogP contribution in [0.4, 0.5) is 5.82 Å². The monoisotopic (exact) mass is 486 g/mol. The smallest absolute Gasteiger partial charge is 0.139 e. The van der Waals surface area contributed by atoms with Crippen molar-refractivity contribution in [3.63, 3.8) is 0 Å². The molecule has 0 fully saturated rings. The fourth-order valence-corrected chi connectivity index (χ4v) is 3.52. The van der Waals surface area contributed by atoms with Gasteiger partial charge in [-0.2, -0.15) is 0 Å². The van der Waals surface area contributed by atoms with Gasteiger partial charge in [-0.25, -0.2) is 9.97 Å². The molecule has 2 N–H and O–H groups in total. The molecule has 1 unspecified atom stereocenters.